The standard InChI is InChI=1S/C13H15BrO3/c1-8(13(15)16)10-4-5-12(11(14)6-10)17-7-9-2-3-9/h4-6,8-9H,2-3,7H2,1H3,(H,15,16). The lowest BCUT2D eigenvalue weighted by Crippen LogP contribution is -2.07. The Morgan fingerprint density at radius 2 is 2.29 bits per heavy atom. The smallest absolute Gasteiger partial charge is 0.310 e. The Morgan fingerprint density at radius 3 is 2.82 bits per heavy atom. The molecule has 0 spiro atoms. The summed E-state index contributed by atoms with van der Waals surface area (Å²) in [5, 5.41) is 8.93. The molecule has 0 heterocycles. The second-order valence-electron chi connectivity index (χ2n) is 4.50. The predicted octanol–water partition coefficient (Wildman–Crippen LogP) is 3.43. The molecule has 17 heavy (non-hydrogen) atoms. The Bertz CT molecular complexity index is 427. The van der Waals surface area contributed by atoms with Crippen LogP contribution in [0.25, 0.3) is 0 Å². The van der Waals surface area contributed by atoms with E-state index in [1.165, 1.54) is 12.8 Å². The van der Waals surface area contributed by atoms with E-state index in [0.29, 0.717) is 5.92 Å². The van der Waals surface area contributed by atoms with Crippen LogP contribution in [0.3, 0.4) is 0 Å². The van der Waals surface area contributed by atoms with Crippen molar-refractivity contribution in [2.24, 2.45) is 5.92 Å². The molecule has 1 aliphatic rings. The molecule has 0 radical (unpaired) electrons. The molecule has 92 valence electrons. The second kappa shape index (κ2) is 5.08. The van der Waals surface area contributed by atoms with Gasteiger partial charge in [0, 0.05) is 0 Å². The first-order valence-corrected chi connectivity index (χ1v) is 6.52. The number of halogens is 1. The Hall–Kier alpha value is -1.03. The molecule has 0 saturated heterocycles. The first-order valence-electron chi connectivity index (χ1n) is 5.73. The number of ether oxygens (including phenoxy) is 1. The topological polar surface area (TPSA) is 46.5 Å². The lowest BCUT2D eigenvalue weighted by molar-refractivity contribution is -0.138. The summed E-state index contributed by atoms with van der Waals surface area (Å²) in [6.07, 6.45) is 2.51. The zero-order chi connectivity index (χ0) is 12.4. The van der Waals surface area contributed by atoms with Gasteiger partial charge in [0.05, 0.1) is 17.0 Å². The van der Waals surface area contributed by atoms with E-state index in [-0.39, 0.29) is 0 Å². The van der Waals surface area contributed by atoms with Gasteiger partial charge in [-0.3, -0.25) is 4.79 Å². The van der Waals surface area contributed by atoms with Crippen LogP contribution in [0.4, 0.5) is 0 Å². The third-order valence-electron chi connectivity index (χ3n) is 3.00. The summed E-state index contributed by atoms with van der Waals surface area (Å²) in [5.74, 6) is 0.185. The number of aliphatic carboxylic acids is 1. The minimum Gasteiger partial charge on any atom is -0.492 e. The second-order valence-corrected chi connectivity index (χ2v) is 5.36. The van der Waals surface area contributed by atoms with Crippen molar-refractivity contribution >= 4 is 21.9 Å². The number of hydrogen-bond donors (Lipinski definition) is 1. The number of carboxylic acids is 1. The third kappa shape index (κ3) is 3.22. The van der Waals surface area contributed by atoms with Gasteiger partial charge in [0.1, 0.15) is 5.75 Å². The number of hydrogen-bond acceptors (Lipinski definition) is 2. The Morgan fingerprint density at radius 1 is 1.59 bits per heavy atom. The van der Waals surface area contributed by atoms with Crippen molar-refractivity contribution in [1.29, 1.82) is 0 Å². The predicted molar refractivity (Wildman–Crippen MR) is 68.4 cm³/mol. The molecule has 2 rings (SSSR count). The fourth-order valence-electron chi connectivity index (χ4n) is 1.54. The molecule has 1 fully saturated rings. The van der Waals surface area contributed by atoms with Crippen LogP contribution >= 0.6 is 15.9 Å². The first kappa shape index (κ1) is 12.4. The molecular weight excluding hydrogens is 284 g/mol. The van der Waals surface area contributed by atoms with E-state index < -0.39 is 11.9 Å². The van der Waals surface area contributed by atoms with Gasteiger partial charge in [0.2, 0.25) is 0 Å². The maximum atomic E-state index is 10.9. The fourth-order valence-corrected chi connectivity index (χ4v) is 2.05. The number of benzene rings is 1. The molecule has 1 aliphatic carbocycles. The number of carboxylic acid groups (broad SMARTS) is 1. The normalized spacial score (nSPS) is 16.6. The van der Waals surface area contributed by atoms with Gasteiger partial charge in [-0.2, -0.15) is 0 Å². The van der Waals surface area contributed by atoms with Crippen LogP contribution in [0.15, 0.2) is 22.7 Å². The minimum atomic E-state index is -0.816. The molecule has 0 aromatic heterocycles. The largest absolute Gasteiger partial charge is 0.492 e. The van der Waals surface area contributed by atoms with Gasteiger partial charge in [0.15, 0.2) is 0 Å². The molecule has 3 nitrogen and oxygen atoms in total. The zero-order valence-corrected chi connectivity index (χ0v) is 11.2. The Labute approximate surface area is 109 Å². The minimum absolute atomic E-state index is 0.496. The SMILES string of the molecule is CC(C(=O)O)c1ccc(OCC2CC2)c(Br)c1. The van der Waals surface area contributed by atoms with Crippen LogP contribution in [-0.2, 0) is 4.79 Å². The van der Waals surface area contributed by atoms with Gasteiger partial charge < -0.3 is 9.84 Å². The number of rotatable bonds is 5. The summed E-state index contributed by atoms with van der Waals surface area (Å²) in [7, 11) is 0. The monoisotopic (exact) mass is 298 g/mol. The summed E-state index contributed by atoms with van der Waals surface area (Å²) in [6, 6.07) is 5.47. The summed E-state index contributed by atoms with van der Waals surface area (Å²) in [6.45, 7) is 2.43. The van der Waals surface area contributed by atoms with Crippen LogP contribution in [0, 0.1) is 5.92 Å². The van der Waals surface area contributed by atoms with Gasteiger partial charge in [-0.25, -0.2) is 0 Å². The van der Waals surface area contributed by atoms with E-state index in [1.807, 2.05) is 18.2 Å². The lowest BCUT2D eigenvalue weighted by Gasteiger charge is -2.11. The van der Waals surface area contributed by atoms with Gasteiger partial charge in [-0.15, -0.1) is 0 Å². The van der Waals surface area contributed by atoms with E-state index in [0.717, 1.165) is 22.4 Å². The summed E-state index contributed by atoms with van der Waals surface area (Å²) in [5.41, 5.74) is 0.781. The van der Waals surface area contributed by atoms with Gasteiger partial charge in [-0.05, 0) is 59.3 Å². The highest BCUT2D eigenvalue weighted by molar-refractivity contribution is 9.10. The molecular formula is C13H15BrO3. The van der Waals surface area contributed by atoms with Gasteiger partial charge >= 0.3 is 5.97 Å². The number of carbonyl (C=O) groups is 1. The van der Waals surface area contributed by atoms with Crippen molar-refractivity contribution < 1.29 is 14.6 Å². The van der Waals surface area contributed by atoms with Crippen LogP contribution in [0.1, 0.15) is 31.2 Å². The lowest BCUT2D eigenvalue weighted by atomic mass is 10.0. The maximum absolute atomic E-state index is 10.9. The highest BCUT2D eigenvalue weighted by Crippen LogP contribution is 2.33. The van der Waals surface area contributed by atoms with Crippen LogP contribution in [-0.4, -0.2) is 17.7 Å². The van der Waals surface area contributed by atoms with Crippen molar-refractivity contribution in [2.75, 3.05) is 6.61 Å². The zero-order valence-electron chi connectivity index (χ0n) is 9.65. The van der Waals surface area contributed by atoms with E-state index in [4.69, 9.17) is 9.84 Å². The van der Waals surface area contributed by atoms with E-state index in [2.05, 4.69) is 15.9 Å². The Balaban J connectivity index is 2.07. The van der Waals surface area contributed by atoms with Crippen LogP contribution < -0.4 is 4.74 Å². The molecule has 0 amide bonds. The molecule has 1 aromatic carbocycles. The van der Waals surface area contributed by atoms with Crippen LogP contribution in [0.5, 0.6) is 5.75 Å². The van der Waals surface area contributed by atoms with Crippen molar-refractivity contribution in [3.8, 4) is 5.75 Å². The van der Waals surface area contributed by atoms with E-state index >= 15 is 0 Å². The van der Waals surface area contributed by atoms with E-state index in [1.54, 1.807) is 6.92 Å². The summed E-state index contributed by atoms with van der Waals surface area (Å²) < 4.78 is 6.48. The highest BCUT2D eigenvalue weighted by Gasteiger charge is 2.22. The molecule has 1 N–H and O–H groups in total. The van der Waals surface area contributed by atoms with Crippen molar-refractivity contribution in [1.82, 2.24) is 0 Å². The van der Waals surface area contributed by atoms with Crippen molar-refractivity contribution in [2.45, 2.75) is 25.7 Å². The van der Waals surface area contributed by atoms with Crippen molar-refractivity contribution in [3.05, 3.63) is 28.2 Å². The average molecular weight is 299 g/mol. The van der Waals surface area contributed by atoms with Gasteiger partial charge in [-0.1, -0.05) is 6.07 Å². The van der Waals surface area contributed by atoms with Gasteiger partial charge in [0.25, 0.3) is 0 Å². The highest BCUT2D eigenvalue weighted by atomic mass is 79.9. The average Bonchev–Trinajstić information content (AvgIpc) is 3.10. The summed E-state index contributed by atoms with van der Waals surface area (Å²) >= 11 is 3.42. The Kier molecular flexibility index (Phi) is 3.72. The summed E-state index contributed by atoms with van der Waals surface area (Å²) in [4.78, 5) is 10.9. The molecule has 1 saturated carbocycles. The maximum Gasteiger partial charge on any atom is 0.310 e. The van der Waals surface area contributed by atoms with E-state index in [9.17, 15) is 4.79 Å². The molecule has 0 aliphatic heterocycles. The van der Waals surface area contributed by atoms with Crippen molar-refractivity contribution in [3.63, 3.8) is 0 Å². The fraction of sp³-hybridized carbons (Fsp3) is 0.462. The molecule has 1 aromatic rings. The first-order chi connectivity index (χ1) is 8.08. The third-order valence-corrected chi connectivity index (χ3v) is 3.62. The molecule has 1 unspecified atom stereocenters. The molecule has 4 heteroatoms. The molecule has 0 bridgehead atoms. The van der Waals surface area contributed by atoms with Crippen LogP contribution in [0.2, 0.25) is 0 Å². The molecule has 1 atom stereocenters. The quantitative estimate of drug-likeness (QED) is 0.906.